The van der Waals surface area contributed by atoms with E-state index in [1.165, 1.54) is 0 Å². The number of carbonyl (C=O) groups is 3. The van der Waals surface area contributed by atoms with Gasteiger partial charge in [0, 0.05) is 11.5 Å². The van der Waals surface area contributed by atoms with Crippen molar-refractivity contribution in [2.24, 2.45) is 17.2 Å². The maximum atomic E-state index is 11.3. The number of Topliss-reactive ketones (excluding diaryl/α,β-unsaturated/α-hetero) is 1. The maximum absolute atomic E-state index is 11.3. The molecule has 0 amide bonds. The smallest absolute Gasteiger partial charge is 0.332 e. The molecule has 2 atom stereocenters. The van der Waals surface area contributed by atoms with E-state index in [0.29, 0.717) is 0 Å². The van der Waals surface area contributed by atoms with Gasteiger partial charge in [-0.25, -0.2) is 4.79 Å². The van der Waals surface area contributed by atoms with E-state index in [-0.39, 0.29) is 11.5 Å². The number of carbonyl (C=O) groups excluding carboxylic acids is 1. The second-order valence-electron chi connectivity index (χ2n) is 3.40. The van der Waals surface area contributed by atoms with Crippen molar-refractivity contribution < 1.29 is 24.6 Å². The molecule has 0 aromatic carbocycles. The summed E-state index contributed by atoms with van der Waals surface area (Å²) >= 11 is 0. The summed E-state index contributed by atoms with van der Waals surface area (Å²) in [5.41, 5.74) is 13.7. The van der Waals surface area contributed by atoms with Gasteiger partial charge < -0.3 is 27.4 Å². The average Bonchev–Trinajstić information content (AvgIpc) is 2.32. The first-order valence-electron chi connectivity index (χ1n) is 4.74. The van der Waals surface area contributed by atoms with Crippen LogP contribution in [0.15, 0.2) is 0 Å². The molecule has 0 aliphatic heterocycles. The van der Waals surface area contributed by atoms with Gasteiger partial charge in [-0.15, -0.1) is 0 Å². The fraction of sp³-hybridized carbons (Fsp3) is 0.625. The molecule has 0 heterocycles. The summed E-state index contributed by atoms with van der Waals surface area (Å²) in [7, 11) is 2.01. The quantitative estimate of drug-likeness (QED) is 0.184. The predicted octanol–water partition coefficient (Wildman–Crippen LogP) is -1.91. The third kappa shape index (κ3) is 4.82. The summed E-state index contributed by atoms with van der Waals surface area (Å²) in [4.78, 5) is 32.7. The number of rotatable bonds is 9. The topological polar surface area (TPSA) is 170 Å². The van der Waals surface area contributed by atoms with Crippen molar-refractivity contribution >= 4 is 39.3 Å². The Kier molecular flexibility index (Phi) is 7.25. The Morgan fingerprint density at radius 3 is 2.17 bits per heavy atom. The van der Waals surface area contributed by atoms with Crippen LogP contribution in [-0.4, -0.2) is 57.6 Å². The van der Waals surface area contributed by atoms with Gasteiger partial charge in [0.1, 0.15) is 6.04 Å². The molecule has 8 nitrogen and oxygen atoms in total. The SMILES string of the molecule is NCC(=O)[C@](N)(CSSC[C@H](N)C(=O)O)C(=O)O. The lowest BCUT2D eigenvalue weighted by Crippen LogP contribution is -2.59. The second kappa shape index (κ2) is 7.59. The molecule has 0 spiro atoms. The number of ketones is 1. The molecule has 18 heavy (non-hydrogen) atoms. The molecular formula is C8H15N3O5S2. The summed E-state index contributed by atoms with van der Waals surface area (Å²) in [5, 5.41) is 17.4. The molecule has 8 N–H and O–H groups in total. The van der Waals surface area contributed by atoms with E-state index < -0.39 is 35.8 Å². The summed E-state index contributed by atoms with van der Waals surface area (Å²) in [6, 6.07) is -1.05. The minimum Gasteiger partial charge on any atom is -0.480 e. The molecule has 0 aromatic rings. The van der Waals surface area contributed by atoms with Crippen LogP contribution in [0, 0.1) is 0 Å². The fourth-order valence-corrected chi connectivity index (χ4v) is 3.25. The van der Waals surface area contributed by atoms with E-state index >= 15 is 0 Å². The summed E-state index contributed by atoms with van der Waals surface area (Å²) in [6.07, 6.45) is 0. The van der Waals surface area contributed by atoms with Crippen LogP contribution in [0.25, 0.3) is 0 Å². The molecule has 0 saturated carbocycles. The minimum absolute atomic E-state index is 0.0759. The van der Waals surface area contributed by atoms with E-state index in [4.69, 9.17) is 27.4 Å². The first-order chi connectivity index (χ1) is 8.25. The van der Waals surface area contributed by atoms with Crippen LogP contribution in [-0.2, 0) is 14.4 Å². The van der Waals surface area contributed by atoms with Crippen LogP contribution in [0.5, 0.6) is 0 Å². The van der Waals surface area contributed by atoms with Gasteiger partial charge in [0.2, 0.25) is 0 Å². The van der Waals surface area contributed by atoms with Crippen molar-refractivity contribution in [3.05, 3.63) is 0 Å². The Bertz CT molecular complexity index is 341. The molecule has 104 valence electrons. The minimum atomic E-state index is -2.06. The standard InChI is InChI=1S/C8H15N3O5S2/c9-1-5(12)8(11,7(15)16)3-18-17-2-4(10)6(13)14/h4H,1-3,9-11H2,(H,13,14)(H,15,16)/t4-,8+/m0/s1. The van der Waals surface area contributed by atoms with Crippen molar-refractivity contribution in [3.8, 4) is 0 Å². The van der Waals surface area contributed by atoms with E-state index in [1.54, 1.807) is 0 Å². The molecular weight excluding hydrogens is 282 g/mol. The van der Waals surface area contributed by atoms with Crippen LogP contribution >= 0.6 is 21.6 Å². The molecule has 0 fully saturated rings. The summed E-state index contributed by atoms with van der Waals surface area (Å²) in [5.74, 6) is -3.54. The van der Waals surface area contributed by atoms with Gasteiger partial charge in [-0.05, 0) is 0 Å². The number of hydrogen-bond donors (Lipinski definition) is 5. The zero-order valence-electron chi connectivity index (χ0n) is 9.37. The highest BCUT2D eigenvalue weighted by Crippen LogP contribution is 2.25. The zero-order valence-corrected chi connectivity index (χ0v) is 11.0. The molecule has 0 aliphatic rings. The lowest BCUT2D eigenvalue weighted by atomic mass is 9.98. The van der Waals surface area contributed by atoms with Crippen molar-refractivity contribution in [2.45, 2.75) is 11.6 Å². The third-order valence-electron chi connectivity index (χ3n) is 2.00. The van der Waals surface area contributed by atoms with Crippen molar-refractivity contribution in [1.29, 1.82) is 0 Å². The van der Waals surface area contributed by atoms with Crippen LogP contribution in [0.4, 0.5) is 0 Å². The number of aliphatic carboxylic acids is 2. The molecule has 0 rings (SSSR count). The lowest BCUT2D eigenvalue weighted by Gasteiger charge is -2.21. The molecule has 0 unspecified atom stereocenters. The van der Waals surface area contributed by atoms with Crippen molar-refractivity contribution in [2.75, 3.05) is 18.1 Å². The fourth-order valence-electron chi connectivity index (χ4n) is 0.771. The van der Waals surface area contributed by atoms with Gasteiger partial charge >= 0.3 is 11.9 Å². The van der Waals surface area contributed by atoms with E-state index in [9.17, 15) is 14.4 Å². The highest BCUT2D eigenvalue weighted by molar-refractivity contribution is 8.76. The Morgan fingerprint density at radius 2 is 1.78 bits per heavy atom. The van der Waals surface area contributed by atoms with Gasteiger partial charge in [0.15, 0.2) is 11.3 Å². The molecule has 0 saturated heterocycles. The molecule has 0 aromatic heterocycles. The highest BCUT2D eigenvalue weighted by atomic mass is 33.1. The van der Waals surface area contributed by atoms with Crippen molar-refractivity contribution in [1.82, 2.24) is 0 Å². The Balaban J connectivity index is 4.27. The zero-order chi connectivity index (χ0) is 14.3. The molecule has 10 heteroatoms. The Labute approximate surface area is 111 Å². The third-order valence-corrected chi connectivity index (χ3v) is 4.50. The van der Waals surface area contributed by atoms with Crippen LogP contribution in [0.3, 0.4) is 0 Å². The number of nitrogens with two attached hydrogens (primary N) is 3. The van der Waals surface area contributed by atoms with E-state index in [2.05, 4.69) is 0 Å². The predicted molar refractivity (Wildman–Crippen MR) is 69.1 cm³/mol. The number of carboxylic acids is 2. The average molecular weight is 297 g/mol. The number of carboxylic acid groups (broad SMARTS) is 2. The molecule has 0 aliphatic carbocycles. The molecule has 0 radical (unpaired) electrons. The summed E-state index contributed by atoms with van der Waals surface area (Å²) < 4.78 is 0. The largest absolute Gasteiger partial charge is 0.480 e. The summed E-state index contributed by atoms with van der Waals surface area (Å²) in [6.45, 7) is -0.470. The van der Waals surface area contributed by atoms with E-state index in [0.717, 1.165) is 21.6 Å². The van der Waals surface area contributed by atoms with Crippen molar-refractivity contribution in [3.63, 3.8) is 0 Å². The van der Waals surface area contributed by atoms with E-state index in [1.807, 2.05) is 0 Å². The second-order valence-corrected chi connectivity index (χ2v) is 5.90. The van der Waals surface area contributed by atoms with Gasteiger partial charge in [0.25, 0.3) is 0 Å². The Hall–Kier alpha value is -0.810. The van der Waals surface area contributed by atoms with Gasteiger partial charge in [-0.1, -0.05) is 21.6 Å². The first-order valence-corrected chi connectivity index (χ1v) is 7.23. The van der Waals surface area contributed by atoms with Crippen LogP contribution in [0.2, 0.25) is 0 Å². The monoisotopic (exact) mass is 297 g/mol. The van der Waals surface area contributed by atoms with Gasteiger partial charge in [-0.2, -0.15) is 0 Å². The first kappa shape index (κ1) is 17.2. The van der Waals surface area contributed by atoms with Crippen LogP contribution in [0.1, 0.15) is 0 Å². The highest BCUT2D eigenvalue weighted by Gasteiger charge is 2.41. The lowest BCUT2D eigenvalue weighted by molar-refractivity contribution is -0.146. The molecule has 0 bridgehead atoms. The number of hydrogen-bond acceptors (Lipinski definition) is 8. The maximum Gasteiger partial charge on any atom is 0.332 e. The normalized spacial score (nSPS) is 15.7. The van der Waals surface area contributed by atoms with Crippen LogP contribution < -0.4 is 17.2 Å². The van der Waals surface area contributed by atoms with Gasteiger partial charge in [0.05, 0.1) is 6.54 Å². The Morgan fingerprint density at radius 1 is 1.22 bits per heavy atom. The van der Waals surface area contributed by atoms with Gasteiger partial charge in [-0.3, -0.25) is 9.59 Å².